The van der Waals surface area contributed by atoms with Crippen LogP contribution in [0.4, 0.5) is 16.2 Å². The molecule has 0 bridgehead atoms. The second-order valence-electron chi connectivity index (χ2n) is 8.44. The van der Waals surface area contributed by atoms with Crippen LogP contribution in [0.1, 0.15) is 49.7 Å². The molecular weight excluding hydrogens is 452 g/mol. The molecule has 1 aliphatic rings. The van der Waals surface area contributed by atoms with Crippen LogP contribution in [0, 0.1) is 5.41 Å². The van der Waals surface area contributed by atoms with E-state index >= 15 is 0 Å². The number of isocyanates is 1. The third kappa shape index (κ3) is 7.25. The highest BCUT2D eigenvalue weighted by atomic mass is 16.6. The summed E-state index contributed by atoms with van der Waals surface area (Å²) in [5, 5.41) is 12.1. The third-order valence-electron chi connectivity index (χ3n) is 5.98. The maximum absolute atomic E-state index is 12.3. The molecule has 184 valence electrons. The highest BCUT2D eigenvalue weighted by Gasteiger charge is 2.48. The van der Waals surface area contributed by atoms with E-state index in [0.29, 0.717) is 43.5 Å². The average Bonchev–Trinajstić information content (AvgIpc) is 2.86. The minimum atomic E-state index is -1.45. The molecule has 2 aromatic rings. The normalized spacial score (nSPS) is 14.3. The number of rotatable bonds is 10. The van der Waals surface area contributed by atoms with E-state index in [2.05, 4.69) is 10.3 Å². The number of carbonyl (C=O) groups excluding carboxylic acids is 3. The highest BCUT2D eigenvalue weighted by Crippen LogP contribution is 2.37. The van der Waals surface area contributed by atoms with E-state index in [1.807, 2.05) is 24.3 Å². The van der Waals surface area contributed by atoms with Crippen molar-refractivity contribution in [2.45, 2.75) is 44.9 Å². The number of hydrogen-bond donors (Lipinski definition) is 2. The van der Waals surface area contributed by atoms with Gasteiger partial charge < -0.3 is 14.6 Å². The second kappa shape index (κ2) is 12.5. The van der Waals surface area contributed by atoms with E-state index in [0.717, 1.165) is 17.5 Å². The summed E-state index contributed by atoms with van der Waals surface area (Å²) in [7, 11) is 0. The molecule has 0 aromatic heterocycles. The van der Waals surface area contributed by atoms with Crippen molar-refractivity contribution in [1.29, 1.82) is 0 Å². The van der Waals surface area contributed by atoms with E-state index in [1.54, 1.807) is 24.3 Å². The average molecular weight is 481 g/mol. The maximum Gasteiger partial charge on any atom is 0.411 e. The monoisotopic (exact) mass is 480 g/mol. The first-order valence-corrected chi connectivity index (χ1v) is 11.5. The summed E-state index contributed by atoms with van der Waals surface area (Å²) in [6.45, 7) is 0.0136. The van der Waals surface area contributed by atoms with Crippen molar-refractivity contribution in [3.63, 3.8) is 0 Å². The molecule has 0 saturated heterocycles. The van der Waals surface area contributed by atoms with Gasteiger partial charge in [0.1, 0.15) is 0 Å². The molecule has 0 aliphatic heterocycles. The Balaban J connectivity index is 1.37. The Morgan fingerprint density at radius 3 is 2.11 bits per heavy atom. The molecule has 9 heteroatoms. The highest BCUT2D eigenvalue weighted by molar-refractivity contribution is 5.99. The lowest BCUT2D eigenvalue weighted by atomic mass is 9.74. The van der Waals surface area contributed by atoms with Crippen LogP contribution in [0.3, 0.4) is 0 Å². The number of carboxylic acid groups (broad SMARTS) is 1. The molecule has 0 spiro atoms. The number of aliphatic imine (C=N–C) groups is 1. The summed E-state index contributed by atoms with van der Waals surface area (Å²) in [6, 6.07) is 14.5. The van der Waals surface area contributed by atoms with Crippen molar-refractivity contribution in [3.8, 4) is 0 Å². The fourth-order valence-corrected chi connectivity index (χ4v) is 4.02. The number of carboxylic acids is 1. The molecule has 3 rings (SSSR count). The zero-order valence-electron chi connectivity index (χ0n) is 19.3. The number of anilines is 1. The van der Waals surface area contributed by atoms with Crippen LogP contribution in [0.5, 0.6) is 0 Å². The summed E-state index contributed by atoms with van der Waals surface area (Å²) in [6.07, 6.45) is 4.71. The molecule has 0 unspecified atom stereocenters. The molecule has 0 heterocycles. The number of benzene rings is 2. The molecule has 2 N–H and O–H groups in total. The van der Waals surface area contributed by atoms with Gasteiger partial charge in [-0.2, -0.15) is 4.99 Å². The van der Waals surface area contributed by atoms with Crippen LogP contribution >= 0.6 is 0 Å². The number of esters is 1. The van der Waals surface area contributed by atoms with Gasteiger partial charge in [-0.15, -0.1) is 0 Å². The van der Waals surface area contributed by atoms with Crippen molar-refractivity contribution in [2.24, 2.45) is 10.4 Å². The first-order valence-electron chi connectivity index (χ1n) is 11.5. The Labute approximate surface area is 203 Å². The summed E-state index contributed by atoms with van der Waals surface area (Å²) in [4.78, 5) is 49.8. The summed E-state index contributed by atoms with van der Waals surface area (Å²) in [5.74, 6) is -1.84. The first-order chi connectivity index (χ1) is 16.9. The number of aliphatic carboxylic acids is 1. The number of nitrogens with one attached hydrogen (secondary N) is 1. The Morgan fingerprint density at radius 1 is 0.914 bits per heavy atom. The van der Waals surface area contributed by atoms with E-state index in [-0.39, 0.29) is 19.6 Å². The van der Waals surface area contributed by atoms with Gasteiger partial charge in [-0.1, -0.05) is 43.5 Å². The molecule has 1 saturated carbocycles. The van der Waals surface area contributed by atoms with E-state index in [4.69, 9.17) is 9.47 Å². The predicted octanol–water partition coefficient (Wildman–Crippen LogP) is 4.76. The van der Waals surface area contributed by atoms with Crippen molar-refractivity contribution in [1.82, 2.24) is 0 Å². The molecule has 2 aromatic carbocycles. The van der Waals surface area contributed by atoms with Crippen molar-refractivity contribution in [2.75, 3.05) is 18.5 Å². The minimum absolute atomic E-state index is 0.0156. The van der Waals surface area contributed by atoms with Gasteiger partial charge in [-0.3, -0.25) is 14.9 Å². The molecule has 1 fully saturated rings. The van der Waals surface area contributed by atoms with Crippen molar-refractivity contribution >= 4 is 35.5 Å². The second-order valence-corrected chi connectivity index (χ2v) is 8.44. The van der Waals surface area contributed by atoms with E-state index in [1.165, 1.54) is 6.08 Å². The largest absolute Gasteiger partial charge is 0.480 e. The summed E-state index contributed by atoms with van der Waals surface area (Å²) in [5.41, 5.74) is 1.76. The molecule has 0 atom stereocenters. The molecule has 1 aliphatic carbocycles. The molecular formula is C26H28N2O7. The van der Waals surface area contributed by atoms with Crippen LogP contribution in [0.15, 0.2) is 53.5 Å². The lowest BCUT2D eigenvalue weighted by Crippen LogP contribution is -2.42. The maximum atomic E-state index is 12.3. The summed E-state index contributed by atoms with van der Waals surface area (Å²) < 4.78 is 10.3. The van der Waals surface area contributed by atoms with Crippen molar-refractivity contribution in [3.05, 3.63) is 59.7 Å². The smallest absolute Gasteiger partial charge is 0.411 e. The van der Waals surface area contributed by atoms with Gasteiger partial charge in [0.2, 0.25) is 6.08 Å². The minimum Gasteiger partial charge on any atom is -0.480 e. The quantitative estimate of drug-likeness (QED) is 0.165. The van der Waals surface area contributed by atoms with Crippen molar-refractivity contribution < 1.29 is 33.8 Å². The zero-order valence-corrected chi connectivity index (χ0v) is 19.3. The van der Waals surface area contributed by atoms with Gasteiger partial charge in [-0.05, 0) is 54.7 Å². The lowest BCUT2D eigenvalue weighted by Gasteiger charge is -2.30. The fourth-order valence-electron chi connectivity index (χ4n) is 4.02. The number of carbonyl (C=O) groups is 3. The number of nitrogens with zero attached hydrogens (tertiary/aromatic N) is 1. The van der Waals surface area contributed by atoms with Crippen LogP contribution in [0.2, 0.25) is 0 Å². The Kier molecular flexibility index (Phi) is 9.15. The Bertz CT molecular complexity index is 1070. The molecule has 0 radical (unpaired) electrons. The Morgan fingerprint density at radius 2 is 1.51 bits per heavy atom. The van der Waals surface area contributed by atoms with Gasteiger partial charge in [0, 0.05) is 12.1 Å². The number of hydrogen-bond acceptors (Lipinski definition) is 7. The SMILES string of the molecule is O=C=Nc1ccc(Cc2ccc(NC(=O)OCCCOC(=O)C3(C(=O)O)CCCCC3)cc2)cc1. The predicted molar refractivity (Wildman–Crippen MR) is 127 cm³/mol. The molecule has 9 nitrogen and oxygen atoms in total. The summed E-state index contributed by atoms with van der Waals surface area (Å²) >= 11 is 0. The lowest BCUT2D eigenvalue weighted by molar-refractivity contribution is -0.171. The fraction of sp³-hybridized carbons (Fsp3) is 0.385. The van der Waals surface area contributed by atoms with E-state index < -0.39 is 23.4 Å². The van der Waals surface area contributed by atoms with Crippen LogP contribution in [0.25, 0.3) is 0 Å². The van der Waals surface area contributed by atoms with Gasteiger partial charge >= 0.3 is 18.0 Å². The van der Waals surface area contributed by atoms with Crippen LogP contribution in [-0.2, 0) is 30.3 Å². The first kappa shape index (κ1) is 25.6. The van der Waals surface area contributed by atoms with Gasteiger partial charge in [0.25, 0.3) is 0 Å². The molecule has 35 heavy (non-hydrogen) atoms. The van der Waals surface area contributed by atoms with Crippen LogP contribution < -0.4 is 5.32 Å². The number of amides is 1. The van der Waals surface area contributed by atoms with Gasteiger partial charge in [0.15, 0.2) is 5.41 Å². The van der Waals surface area contributed by atoms with Crippen LogP contribution in [-0.4, -0.2) is 42.4 Å². The van der Waals surface area contributed by atoms with Gasteiger partial charge in [0.05, 0.1) is 18.9 Å². The molecule has 1 amide bonds. The van der Waals surface area contributed by atoms with Gasteiger partial charge in [-0.25, -0.2) is 9.59 Å². The standard InChI is InChI=1S/C26H28N2O7/c29-18-27-21-9-5-19(6-10-21)17-20-7-11-22(12-8-20)28-25(33)35-16-4-15-34-24(32)26(23(30)31)13-2-1-3-14-26/h5-12H,1-4,13-17H2,(H,28,33)(H,30,31). The number of ether oxygens (including phenoxy) is 2. The third-order valence-corrected chi connectivity index (χ3v) is 5.98. The zero-order chi connectivity index (χ0) is 25.1. The topological polar surface area (TPSA) is 131 Å². The van der Waals surface area contributed by atoms with E-state index in [9.17, 15) is 24.3 Å². The Hall–Kier alpha value is -3.97.